The van der Waals surface area contributed by atoms with Crippen LogP contribution >= 0.6 is 0 Å². The number of nitrogens with one attached hydrogen (secondary N) is 1. The van der Waals surface area contributed by atoms with Crippen LogP contribution in [0.5, 0.6) is 0 Å². The summed E-state index contributed by atoms with van der Waals surface area (Å²) < 4.78 is 4.25. The molecular formula is C26H32BN3O4. The molecule has 0 spiro atoms. The maximum Gasteiger partial charge on any atom is 0.505 e. The summed E-state index contributed by atoms with van der Waals surface area (Å²) in [5.41, 5.74) is 3.45. The van der Waals surface area contributed by atoms with E-state index >= 15 is 0 Å². The molecular weight excluding hydrogens is 429 g/mol. The van der Waals surface area contributed by atoms with Gasteiger partial charge in [-0.3, -0.25) is 4.79 Å². The highest BCUT2D eigenvalue weighted by Gasteiger charge is 2.21. The lowest BCUT2D eigenvalue weighted by molar-refractivity contribution is 0.112. The van der Waals surface area contributed by atoms with Crippen LogP contribution in [-0.4, -0.2) is 47.6 Å². The topological polar surface area (TPSA) is 98.7 Å². The molecule has 0 aliphatic rings. The Morgan fingerprint density at radius 2 is 1.47 bits per heavy atom. The van der Waals surface area contributed by atoms with Gasteiger partial charge in [0.2, 0.25) is 0 Å². The van der Waals surface area contributed by atoms with Crippen molar-refractivity contribution >= 4 is 35.7 Å². The number of aromatic nitrogens is 2. The number of hydrogen-bond donors (Lipinski definition) is 3. The molecule has 0 bridgehead atoms. The number of aldehydes is 1. The van der Waals surface area contributed by atoms with Crippen molar-refractivity contribution in [2.75, 3.05) is 19.1 Å². The highest BCUT2D eigenvalue weighted by molar-refractivity contribution is 6.58. The van der Waals surface area contributed by atoms with Crippen LogP contribution in [0, 0.1) is 0 Å². The number of nitrogens with zero attached hydrogens (tertiary/aromatic N) is 2. The number of ether oxygens (including phenoxy) is 1. The molecule has 0 saturated carbocycles. The minimum atomic E-state index is -1.66. The van der Waals surface area contributed by atoms with E-state index in [1.165, 1.54) is 6.20 Å². The van der Waals surface area contributed by atoms with Crippen molar-refractivity contribution in [3.63, 3.8) is 0 Å². The summed E-state index contributed by atoms with van der Waals surface area (Å²) in [5, 5.41) is 19.8. The fourth-order valence-corrected chi connectivity index (χ4v) is 3.43. The van der Waals surface area contributed by atoms with Gasteiger partial charge in [-0.25, -0.2) is 4.98 Å². The molecule has 0 fully saturated rings. The zero-order chi connectivity index (χ0) is 24.9. The summed E-state index contributed by atoms with van der Waals surface area (Å²) in [6.45, 7) is 5.21. The molecule has 4 aromatic rings. The maximum atomic E-state index is 11.5. The van der Waals surface area contributed by atoms with Crippen LogP contribution < -0.4 is 10.5 Å². The molecule has 0 amide bonds. The molecule has 0 saturated heterocycles. The second-order valence-electron chi connectivity index (χ2n) is 7.28. The van der Waals surface area contributed by atoms with Gasteiger partial charge in [0.05, 0.1) is 5.52 Å². The van der Waals surface area contributed by atoms with Gasteiger partial charge in [-0.15, -0.1) is 0 Å². The number of aromatic amines is 1. The molecule has 2 aromatic carbocycles. The average molecular weight is 461 g/mol. The molecule has 0 unspecified atom stereocenters. The molecule has 0 aliphatic carbocycles. The molecule has 3 N–H and O–H groups in total. The molecule has 0 atom stereocenters. The Morgan fingerprint density at radius 3 is 1.91 bits per heavy atom. The van der Waals surface area contributed by atoms with E-state index in [9.17, 15) is 14.8 Å². The molecule has 0 radical (unpaired) electrons. The number of pyridine rings is 1. The first-order valence-electron chi connectivity index (χ1n) is 11.1. The predicted octanol–water partition coefficient (Wildman–Crippen LogP) is 3.55. The van der Waals surface area contributed by atoms with Crippen LogP contribution in [0.1, 0.15) is 35.3 Å². The second-order valence-corrected chi connectivity index (χ2v) is 7.28. The minimum Gasteiger partial charge on any atom is -0.422 e. The van der Waals surface area contributed by atoms with Crippen molar-refractivity contribution in [1.29, 1.82) is 0 Å². The van der Waals surface area contributed by atoms with E-state index in [-0.39, 0.29) is 5.59 Å². The smallest absolute Gasteiger partial charge is 0.422 e. The third kappa shape index (κ3) is 7.02. The molecule has 7 nitrogen and oxygen atoms in total. The summed E-state index contributed by atoms with van der Waals surface area (Å²) in [6.07, 6.45) is 2.24. The van der Waals surface area contributed by atoms with Gasteiger partial charge in [0.25, 0.3) is 0 Å². The highest BCUT2D eigenvalue weighted by Crippen LogP contribution is 2.27. The van der Waals surface area contributed by atoms with Crippen LogP contribution in [-0.2, 0) is 17.8 Å². The number of H-pyrrole nitrogens is 1. The molecule has 0 aliphatic heterocycles. The van der Waals surface area contributed by atoms with Gasteiger partial charge in [0.1, 0.15) is 0 Å². The Kier molecular flexibility index (Phi) is 11.0. The number of rotatable bonds is 7. The van der Waals surface area contributed by atoms with Gasteiger partial charge in [-0.2, -0.15) is 0 Å². The monoisotopic (exact) mass is 461 g/mol. The van der Waals surface area contributed by atoms with Crippen molar-refractivity contribution in [3.8, 4) is 0 Å². The van der Waals surface area contributed by atoms with Crippen molar-refractivity contribution in [2.24, 2.45) is 0 Å². The molecule has 2 heterocycles. The van der Waals surface area contributed by atoms with E-state index < -0.39 is 7.12 Å². The van der Waals surface area contributed by atoms with E-state index in [0.29, 0.717) is 35.4 Å². The third-order valence-electron chi connectivity index (χ3n) is 4.84. The lowest BCUT2D eigenvalue weighted by Crippen LogP contribution is -2.30. The summed E-state index contributed by atoms with van der Waals surface area (Å²) in [5.74, 6) is 0.644. The number of carbonyl (C=O) groups excluding carboxylic acids is 1. The van der Waals surface area contributed by atoms with E-state index in [4.69, 9.17) is 0 Å². The normalized spacial score (nSPS) is 9.94. The predicted molar refractivity (Wildman–Crippen MR) is 138 cm³/mol. The van der Waals surface area contributed by atoms with Crippen molar-refractivity contribution in [2.45, 2.75) is 26.9 Å². The number of benzene rings is 2. The van der Waals surface area contributed by atoms with Gasteiger partial charge in [0.15, 0.2) is 12.1 Å². The minimum absolute atomic E-state index is 0.219. The number of carbonyl (C=O) groups is 1. The average Bonchev–Trinajstić information content (AvgIpc) is 3.32. The quantitative estimate of drug-likeness (QED) is 0.288. The Morgan fingerprint density at radius 1 is 0.971 bits per heavy atom. The van der Waals surface area contributed by atoms with E-state index in [1.54, 1.807) is 20.3 Å². The first kappa shape index (κ1) is 26.8. The standard InChI is InChI=1S/C22H20BN3O3.C2H6O.C2H6/c27-15-18-12-24-22(21-19(18)11-20(25-21)23(28)29)26(13-16-7-3-1-4-8-16)14-17-9-5-2-6-10-17;1-3-2;1-2/h1-12,15,25,28-29H,13-14H2;1-2H3;1-2H3. The molecule has 8 heteroatoms. The first-order valence-corrected chi connectivity index (χ1v) is 11.1. The number of methoxy groups -OCH3 is 1. The number of fused-ring (bicyclic) bond motifs is 1. The Balaban J connectivity index is 0.000000758. The molecule has 178 valence electrons. The lowest BCUT2D eigenvalue weighted by atomic mass is 9.86. The summed E-state index contributed by atoms with van der Waals surface area (Å²) in [7, 11) is 1.59. The van der Waals surface area contributed by atoms with Gasteiger partial charge in [-0.1, -0.05) is 74.5 Å². The van der Waals surface area contributed by atoms with Crippen molar-refractivity contribution in [3.05, 3.63) is 89.6 Å². The molecule has 34 heavy (non-hydrogen) atoms. The van der Waals surface area contributed by atoms with E-state index in [2.05, 4.69) is 19.6 Å². The Labute approximate surface area is 201 Å². The van der Waals surface area contributed by atoms with Gasteiger partial charge in [-0.05, 0) is 17.2 Å². The summed E-state index contributed by atoms with van der Waals surface area (Å²) in [4.78, 5) is 21.1. The van der Waals surface area contributed by atoms with Crippen LogP contribution in [0.2, 0.25) is 0 Å². The largest absolute Gasteiger partial charge is 0.505 e. The third-order valence-corrected chi connectivity index (χ3v) is 4.84. The Hall–Kier alpha value is -3.46. The Bertz CT molecular complexity index is 1090. The van der Waals surface area contributed by atoms with Gasteiger partial charge in [0, 0.05) is 50.0 Å². The lowest BCUT2D eigenvalue weighted by Gasteiger charge is -2.25. The zero-order valence-corrected chi connectivity index (χ0v) is 20.1. The van der Waals surface area contributed by atoms with Crippen LogP contribution in [0.3, 0.4) is 0 Å². The number of anilines is 1. The fourth-order valence-electron chi connectivity index (χ4n) is 3.43. The number of hydrogen-bond acceptors (Lipinski definition) is 6. The zero-order valence-electron chi connectivity index (χ0n) is 20.1. The van der Waals surface area contributed by atoms with E-state index in [1.807, 2.05) is 74.5 Å². The molecule has 4 rings (SSSR count). The fraction of sp³-hybridized carbons (Fsp3) is 0.231. The van der Waals surface area contributed by atoms with Crippen LogP contribution in [0.4, 0.5) is 5.82 Å². The second kappa shape index (κ2) is 13.9. The first-order chi connectivity index (χ1) is 16.6. The SMILES string of the molecule is CC.COC.O=Cc1cnc(N(Cc2ccccc2)Cc2ccccc2)c2[nH]c(B(O)O)cc12. The summed E-state index contributed by atoms with van der Waals surface area (Å²) in [6, 6.07) is 21.7. The van der Waals surface area contributed by atoms with Gasteiger partial charge < -0.3 is 24.7 Å². The highest BCUT2D eigenvalue weighted by atomic mass is 16.4. The maximum absolute atomic E-state index is 11.5. The van der Waals surface area contributed by atoms with Crippen LogP contribution in [0.25, 0.3) is 10.9 Å². The molecule has 2 aromatic heterocycles. The van der Waals surface area contributed by atoms with Crippen LogP contribution in [0.15, 0.2) is 72.9 Å². The van der Waals surface area contributed by atoms with E-state index in [0.717, 1.165) is 17.4 Å². The van der Waals surface area contributed by atoms with Crippen molar-refractivity contribution in [1.82, 2.24) is 9.97 Å². The summed E-state index contributed by atoms with van der Waals surface area (Å²) >= 11 is 0. The van der Waals surface area contributed by atoms with Crippen molar-refractivity contribution < 1.29 is 19.6 Å². The van der Waals surface area contributed by atoms with Gasteiger partial charge >= 0.3 is 7.12 Å².